The molecule has 1 heterocycles. The van der Waals surface area contributed by atoms with E-state index in [1.54, 1.807) is 37.4 Å². The molecule has 1 saturated heterocycles. The van der Waals surface area contributed by atoms with E-state index in [0.717, 1.165) is 6.42 Å². The van der Waals surface area contributed by atoms with Gasteiger partial charge in [0.25, 0.3) is 0 Å². The van der Waals surface area contributed by atoms with Gasteiger partial charge in [-0.15, -0.1) is 0 Å². The number of rotatable bonds is 3. The van der Waals surface area contributed by atoms with Crippen molar-refractivity contribution in [3.05, 3.63) is 30.3 Å². The van der Waals surface area contributed by atoms with Gasteiger partial charge in [0.15, 0.2) is 0 Å². The Labute approximate surface area is 95.9 Å². The predicted octanol–water partition coefficient (Wildman–Crippen LogP) is 1.10. The van der Waals surface area contributed by atoms with Gasteiger partial charge in [-0.2, -0.15) is 4.31 Å². The summed E-state index contributed by atoms with van der Waals surface area (Å²) in [6, 6.07) is 8.45. The summed E-state index contributed by atoms with van der Waals surface area (Å²) in [5, 5.41) is 0. The molecule has 2 rings (SSSR count). The van der Waals surface area contributed by atoms with E-state index in [4.69, 9.17) is 4.74 Å². The van der Waals surface area contributed by atoms with Gasteiger partial charge in [-0.25, -0.2) is 8.42 Å². The molecular weight excluding hydrogens is 226 g/mol. The summed E-state index contributed by atoms with van der Waals surface area (Å²) in [7, 11) is -1.76. The number of nitrogens with zero attached hydrogens (tertiary/aromatic N) is 1. The van der Waals surface area contributed by atoms with Gasteiger partial charge < -0.3 is 4.74 Å². The molecule has 0 aromatic heterocycles. The maximum atomic E-state index is 12.2. The molecule has 1 aromatic carbocycles. The topological polar surface area (TPSA) is 46.6 Å². The van der Waals surface area contributed by atoms with Gasteiger partial charge in [0.2, 0.25) is 10.0 Å². The predicted molar refractivity (Wildman–Crippen MR) is 60.6 cm³/mol. The standard InChI is InChI=1S/C11H15NO3S/c1-12(10-7-8-15-9-10)16(13,14)11-5-3-2-4-6-11/h2-6,10H,7-9H2,1H3. The van der Waals surface area contributed by atoms with Gasteiger partial charge >= 0.3 is 0 Å². The zero-order valence-electron chi connectivity index (χ0n) is 9.17. The number of ether oxygens (including phenoxy) is 1. The fourth-order valence-electron chi connectivity index (χ4n) is 1.76. The lowest BCUT2D eigenvalue weighted by Crippen LogP contribution is -2.37. The third-order valence-corrected chi connectivity index (χ3v) is 4.76. The number of sulfonamides is 1. The zero-order chi connectivity index (χ0) is 11.6. The highest BCUT2D eigenvalue weighted by Gasteiger charge is 2.30. The molecule has 0 radical (unpaired) electrons. The van der Waals surface area contributed by atoms with Gasteiger partial charge in [-0.1, -0.05) is 18.2 Å². The molecule has 0 amide bonds. The highest BCUT2D eigenvalue weighted by atomic mass is 32.2. The van der Waals surface area contributed by atoms with Crippen molar-refractivity contribution >= 4 is 10.0 Å². The Morgan fingerprint density at radius 1 is 1.31 bits per heavy atom. The Bertz CT molecular complexity index is 438. The Hall–Kier alpha value is -0.910. The molecule has 4 nitrogen and oxygen atoms in total. The molecule has 0 N–H and O–H groups in total. The Morgan fingerprint density at radius 3 is 2.56 bits per heavy atom. The third kappa shape index (κ3) is 2.11. The van der Waals surface area contributed by atoms with Crippen LogP contribution in [0, 0.1) is 0 Å². The van der Waals surface area contributed by atoms with Crippen LogP contribution in [0.3, 0.4) is 0 Å². The van der Waals surface area contributed by atoms with Crippen LogP contribution in [-0.4, -0.2) is 39.0 Å². The number of hydrogen-bond acceptors (Lipinski definition) is 3. The molecule has 0 aliphatic carbocycles. The minimum absolute atomic E-state index is 0.0368. The Balaban J connectivity index is 2.25. The largest absolute Gasteiger partial charge is 0.380 e. The van der Waals surface area contributed by atoms with E-state index in [0.29, 0.717) is 18.1 Å². The average Bonchev–Trinajstić information content (AvgIpc) is 2.82. The maximum absolute atomic E-state index is 12.2. The molecule has 1 atom stereocenters. The molecule has 1 aliphatic heterocycles. The van der Waals surface area contributed by atoms with E-state index in [9.17, 15) is 8.42 Å². The van der Waals surface area contributed by atoms with Crippen molar-refractivity contribution < 1.29 is 13.2 Å². The van der Waals surface area contributed by atoms with Gasteiger partial charge in [0.1, 0.15) is 0 Å². The summed E-state index contributed by atoms with van der Waals surface area (Å²) in [5.74, 6) is 0. The van der Waals surface area contributed by atoms with Crippen LogP contribution >= 0.6 is 0 Å². The molecule has 1 aromatic rings. The van der Waals surface area contributed by atoms with Crippen molar-refractivity contribution in [3.8, 4) is 0 Å². The van der Waals surface area contributed by atoms with Crippen molar-refractivity contribution in [2.24, 2.45) is 0 Å². The summed E-state index contributed by atoms with van der Waals surface area (Å²) in [6.07, 6.45) is 0.766. The van der Waals surface area contributed by atoms with E-state index in [1.807, 2.05) is 0 Å². The Kier molecular flexibility index (Phi) is 3.28. The lowest BCUT2D eigenvalue weighted by atomic mass is 10.3. The van der Waals surface area contributed by atoms with E-state index < -0.39 is 10.0 Å². The lowest BCUT2D eigenvalue weighted by Gasteiger charge is -2.22. The van der Waals surface area contributed by atoms with Crippen molar-refractivity contribution in [2.45, 2.75) is 17.4 Å². The molecular formula is C11H15NO3S. The van der Waals surface area contributed by atoms with Crippen LogP contribution in [0.25, 0.3) is 0 Å². The second kappa shape index (κ2) is 4.53. The van der Waals surface area contributed by atoms with Crippen LogP contribution in [0.4, 0.5) is 0 Å². The summed E-state index contributed by atoms with van der Waals surface area (Å²) in [5.41, 5.74) is 0. The van der Waals surface area contributed by atoms with Crippen molar-refractivity contribution in [2.75, 3.05) is 20.3 Å². The van der Waals surface area contributed by atoms with Crippen LogP contribution in [0.5, 0.6) is 0 Å². The fraction of sp³-hybridized carbons (Fsp3) is 0.455. The quantitative estimate of drug-likeness (QED) is 0.796. The third-order valence-electron chi connectivity index (χ3n) is 2.84. The first-order valence-corrected chi connectivity index (χ1v) is 6.67. The van der Waals surface area contributed by atoms with E-state index in [2.05, 4.69) is 0 Å². The van der Waals surface area contributed by atoms with Gasteiger partial charge in [0.05, 0.1) is 17.5 Å². The first-order valence-electron chi connectivity index (χ1n) is 5.23. The van der Waals surface area contributed by atoms with Crippen LogP contribution in [0.2, 0.25) is 0 Å². The van der Waals surface area contributed by atoms with Gasteiger partial charge in [-0.05, 0) is 18.6 Å². The molecule has 5 heteroatoms. The van der Waals surface area contributed by atoms with Crippen molar-refractivity contribution in [3.63, 3.8) is 0 Å². The van der Waals surface area contributed by atoms with Gasteiger partial charge in [0, 0.05) is 13.7 Å². The maximum Gasteiger partial charge on any atom is 0.243 e. The van der Waals surface area contributed by atoms with Gasteiger partial charge in [-0.3, -0.25) is 0 Å². The highest BCUT2D eigenvalue weighted by molar-refractivity contribution is 7.89. The smallest absolute Gasteiger partial charge is 0.243 e. The lowest BCUT2D eigenvalue weighted by molar-refractivity contribution is 0.181. The summed E-state index contributed by atoms with van der Waals surface area (Å²) in [6.45, 7) is 1.13. The minimum atomic E-state index is -3.37. The van der Waals surface area contributed by atoms with Crippen LogP contribution in [0.1, 0.15) is 6.42 Å². The molecule has 1 aliphatic rings. The summed E-state index contributed by atoms with van der Waals surface area (Å²) >= 11 is 0. The molecule has 0 spiro atoms. The van der Waals surface area contributed by atoms with E-state index >= 15 is 0 Å². The monoisotopic (exact) mass is 241 g/mol. The normalized spacial score (nSPS) is 21.5. The number of benzene rings is 1. The second-order valence-corrected chi connectivity index (χ2v) is 5.85. The number of likely N-dealkylation sites (N-methyl/N-ethyl adjacent to an activating group) is 1. The molecule has 16 heavy (non-hydrogen) atoms. The molecule has 1 fully saturated rings. The Morgan fingerprint density at radius 2 is 2.00 bits per heavy atom. The van der Waals surface area contributed by atoms with E-state index in [-0.39, 0.29) is 6.04 Å². The summed E-state index contributed by atoms with van der Waals surface area (Å²) in [4.78, 5) is 0.337. The first-order chi connectivity index (χ1) is 7.62. The van der Waals surface area contributed by atoms with Crippen molar-refractivity contribution in [1.82, 2.24) is 4.31 Å². The van der Waals surface area contributed by atoms with Crippen molar-refractivity contribution in [1.29, 1.82) is 0 Å². The SMILES string of the molecule is CN(C1CCOC1)S(=O)(=O)c1ccccc1. The first kappa shape index (κ1) is 11.6. The second-order valence-electron chi connectivity index (χ2n) is 3.85. The zero-order valence-corrected chi connectivity index (χ0v) is 9.98. The van der Waals surface area contributed by atoms with E-state index in [1.165, 1.54) is 4.31 Å². The molecule has 88 valence electrons. The van der Waals surface area contributed by atoms with Crippen LogP contribution in [-0.2, 0) is 14.8 Å². The van der Waals surface area contributed by atoms with Crippen LogP contribution < -0.4 is 0 Å². The van der Waals surface area contributed by atoms with Crippen LogP contribution in [0.15, 0.2) is 35.2 Å². The molecule has 0 saturated carbocycles. The average molecular weight is 241 g/mol. The minimum Gasteiger partial charge on any atom is -0.380 e. The highest BCUT2D eigenvalue weighted by Crippen LogP contribution is 2.20. The summed E-state index contributed by atoms with van der Waals surface area (Å²) < 4.78 is 31.0. The number of hydrogen-bond donors (Lipinski definition) is 0. The molecule has 1 unspecified atom stereocenters. The fourth-order valence-corrected chi connectivity index (χ4v) is 3.16. The molecule has 0 bridgehead atoms.